The van der Waals surface area contributed by atoms with E-state index >= 15 is 0 Å². The number of rotatable bonds is 3. The van der Waals surface area contributed by atoms with Crippen molar-refractivity contribution in [3.63, 3.8) is 0 Å². The van der Waals surface area contributed by atoms with E-state index in [1.807, 2.05) is 0 Å². The average Bonchev–Trinajstić information content (AvgIpc) is 3.00. The molecule has 1 saturated heterocycles. The van der Waals surface area contributed by atoms with Gasteiger partial charge in [0.15, 0.2) is 15.7 Å². The van der Waals surface area contributed by atoms with E-state index in [9.17, 15) is 17.2 Å². The van der Waals surface area contributed by atoms with Crippen LogP contribution in [-0.2, 0) is 9.84 Å². The summed E-state index contributed by atoms with van der Waals surface area (Å²) in [4.78, 5) is 4.09. The first-order valence-electron chi connectivity index (χ1n) is 6.97. The van der Waals surface area contributed by atoms with E-state index in [1.54, 1.807) is 6.92 Å². The zero-order chi connectivity index (χ0) is 16.8. The highest BCUT2D eigenvalue weighted by Gasteiger charge is 2.33. The van der Waals surface area contributed by atoms with Gasteiger partial charge in [-0.3, -0.25) is 0 Å². The minimum Gasteiger partial charge on any atom is -0.497 e. The van der Waals surface area contributed by atoms with Crippen LogP contribution >= 0.6 is 0 Å². The van der Waals surface area contributed by atoms with Gasteiger partial charge in [-0.05, 0) is 13.3 Å². The van der Waals surface area contributed by atoms with Crippen molar-refractivity contribution in [2.45, 2.75) is 19.4 Å². The SMILES string of the molecule is COc1cc(F)c(-c2nc(C)nn2C2CCS(=O)(=O)C2)c(F)c1. The highest BCUT2D eigenvalue weighted by molar-refractivity contribution is 7.91. The number of aryl methyl sites for hydroxylation is 1. The molecule has 0 bridgehead atoms. The lowest BCUT2D eigenvalue weighted by molar-refractivity contribution is 0.407. The largest absolute Gasteiger partial charge is 0.497 e. The molecule has 1 fully saturated rings. The summed E-state index contributed by atoms with van der Waals surface area (Å²) < 4.78 is 58.0. The quantitative estimate of drug-likeness (QED) is 0.851. The molecule has 2 aromatic rings. The third-order valence-corrected chi connectivity index (χ3v) is 5.52. The molecule has 9 heteroatoms. The number of sulfone groups is 1. The fraction of sp³-hybridized carbons (Fsp3) is 0.429. The number of hydrogen-bond acceptors (Lipinski definition) is 5. The highest BCUT2D eigenvalue weighted by atomic mass is 32.2. The molecule has 1 aromatic heterocycles. The van der Waals surface area contributed by atoms with Crippen LogP contribution in [0.3, 0.4) is 0 Å². The number of halogens is 2. The van der Waals surface area contributed by atoms with E-state index in [-0.39, 0.29) is 28.6 Å². The van der Waals surface area contributed by atoms with Gasteiger partial charge in [-0.2, -0.15) is 5.10 Å². The molecule has 3 rings (SSSR count). The Bertz CT molecular complexity index is 841. The van der Waals surface area contributed by atoms with Gasteiger partial charge in [0, 0.05) is 12.1 Å². The summed E-state index contributed by atoms with van der Waals surface area (Å²) in [6, 6.07) is 1.63. The first-order chi connectivity index (χ1) is 10.8. The molecule has 0 N–H and O–H groups in total. The zero-order valence-corrected chi connectivity index (χ0v) is 13.4. The number of aromatic nitrogens is 3. The van der Waals surface area contributed by atoms with Crippen LogP contribution < -0.4 is 4.74 Å². The number of nitrogens with zero attached hydrogens (tertiary/aromatic N) is 3. The van der Waals surface area contributed by atoms with Crippen LogP contribution in [0, 0.1) is 18.6 Å². The number of ether oxygens (including phenoxy) is 1. The molecule has 23 heavy (non-hydrogen) atoms. The predicted octanol–water partition coefficient (Wildman–Crippen LogP) is 1.90. The Kier molecular flexibility index (Phi) is 3.83. The van der Waals surface area contributed by atoms with E-state index in [0.717, 1.165) is 12.1 Å². The summed E-state index contributed by atoms with van der Waals surface area (Å²) in [6.07, 6.45) is 0.345. The fourth-order valence-electron chi connectivity index (χ4n) is 2.70. The second-order valence-corrected chi connectivity index (χ2v) is 7.68. The van der Waals surface area contributed by atoms with Crippen molar-refractivity contribution in [3.8, 4) is 17.1 Å². The molecule has 0 radical (unpaired) electrons. The van der Waals surface area contributed by atoms with E-state index < -0.39 is 27.5 Å². The number of hydrogen-bond donors (Lipinski definition) is 0. The number of benzene rings is 1. The van der Waals surface area contributed by atoms with Crippen LogP contribution in [0.25, 0.3) is 11.4 Å². The minimum atomic E-state index is -3.16. The van der Waals surface area contributed by atoms with E-state index in [2.05, 4.69) is 10.1 Å². The molecule has 2 heterocycles. The number of methoxy groups -OCH3 is 1. The molecule has 1 aliphatic heterocycles. The summed E-state index contributed by atoms with van der Waals surface area (Å²) >= 11 is 0. The van der Waals surface area contributed by atoms with Gasteiger partial charge < -0.3 is 4.74 Å². The Morgan fingerprint density at radius 3 is 2.48 bits per heavy atom. The lowest BCUT2D eigenvalue weighted by Gasteiger charge is -2.13. The van der Waals surface area contributed by atoms with Crippen molar-refractivity contribution in [2.24, 2.45) is 0 Å². The predicted molar refractivity (Wildman–Crippen MR) is 79.0 cm³/mol. The van der Waals surface area contributed by atoms with Crippen LogP contribution in [0.15, 0.2) is 12.1 Å². The summed E-state index contributed by atoms with van der Waals surface area (Å²) in [5.41, 5.74) is -0.337. The van der Waals surface area contributed by atoms with Gasteiger partial charge >= 0.3 is 0 Å². The molecule has 6 nitrogen and oxygen atoms in total. The lowest BCUT2D eigenvalue weighted by Crippen LogP contribution is -2.14. The zero-order valence-electron chi connectivity index (χ0n) is 12.6. The molecule has 1 aromatic carbocycles. The van der Waals surface area contributed by atoms with Crippen molar-refractivity contribution in [1.82, 2.24) is 14.8 Å². The Balaban J connectivity index is 2.12. The third kappa shape index (κ3) is 2.92. The molecule has 1 atom stereocenters. The Labute approximate surface area is 132 Å². The molecule has 0 aliphatic carbocycles. The average molecular weight is 343 g/mol. The summed E-state index contributed by atoms with van der Waals surface area (Å²) in [6.45, 7) is 1.59. The molecule has 0 amide bonds. The van der Waals surface area contributed by atoms with Crippen LogP contribution in [0.5, 0.6) is 5.75 Å². The Morgan fingerprint density at radius 1 is 1.30 bits per heavy atom. The van der Waals surface area contributed by atoms with Crippen molar-refractivity contribution in [1.29, 1.82) is 0 Å². The monoisotopic (exact) mass is 343 g/mol. The van der Waals surface area contributed by atoms with Gasteiger partial charge in [0.05, 0.1) is 30.2 Å². The second kappa shape index (κ2) is 5.55. The Hall–Kier alpha value is -2.03. The van der Waals surface area contributed by atoms with Gasteiger partial charge in [-0.1, -0.05) is 0 Å². The van der Waals surface area contributed by atoms with Crippen LogP contribution in [0.4, 0.5) is 8.78 Å². The topological polar surface area (TPSA) is 74.1 Å². The van der Waals surface area contributed by atoms with Crippen LogP contribution in [0.1, 0.15) is 18.3 Å². The van der Waals surface area contributed by atoms with Gasteiger partial charge in [-0.15, -0.1) is 0 Å². The highest BCUT2D eigenvalue weighted by Crippen LogP contribution is 2.32. The van der Waals surface area contributed by atoms with Crippen molar-refractivity contribution >= 4 is 9.84 Å². The smallest absolute Gasteiger partial charge is 0.164 e. The van der Waals surface area contributed by atoms with Gasteiger partial charge in [0.2, 0.25) is 0 Å². The first-order valence-corrected chi connectivity index (χ1v) is 8.80. The van der Waals surface area contributed by atoms with Crippen molar-refractivity contribution in [2.75, 3.05) is 18.6 Å². The van der Waals surface area contributed by atoms with Gasteiger partial charge in [0.25, 0.3) is 0 Å². The summed E-state index contributed by atoms with van der Waals surface area (Å²) in [5.74, 6) is -1.39. The van der Waals surface area contributed by atoms with Crippen molar-refractivity contribution < 1.29 is 21.9 Å². The minimum absolute atomic E-state index is 0.0118. The van der Waals surface area contributed by atoms with E-state index in [0.29, 0.717) is 12.2 Å². The molecule has 0 saturated carbocycles. The van der Waals surface area contributed by atoms with Crippen LogP contribution in [-0.4, -0.2) is 41.8 Å². The molecule has 1 aliphatic rings. The molecule has 124 valence electrons. The van der Waals surface area contributed by atoms with E-state index in [1.165, 1.54) is 11.8 Å². The fourth-order valence-corrected chi connectivity index (χ4v) is 4.40. The molecule has 1 unspecified atom stereocenters. The van der Waals surface area contributed by atoms with E-state index in [4.69, 9.17) is 4.74 Å². The summed E-state index contributed by atoms with van der Waals surface area (Å²) in [7, 11) is -1.85. The molecular formula is C14H15F2N3O3S. The standard InChI is InChI=1S/C14H15F2N3O3S/c1-8-17-14(13-11(15)5-10(22-2)6-12(13)16)19(18-8)9-3-4-23(20,21)7-9/h5-6,9H,3-4,7H2,1-2H3. The van der Waals surface area contributed by atoms with Crippen LogP contribution in [0.2, 0.25) is 0 Å². The third-order valence-electron chi connectivity index (χ3n) is 3.77. The maximum Gasteiger partial charge on any atom is 0.164 e. The maximum absolute atomic E-state index is 14.3. The molecule has 0 spiro atoms. The molecular weight excluding hydrogens is 328 g/mol. The second-order valence-electron chi connectivity index (χ2n) is 5.45. The lowest BCUT2D eigenvalue weighted by atomic mass is 10.1. The Morgan fingerprint density at radius 2 is 1.96 bits per heavy atom. The normalized spacial score (nSPS) is 19.9. The maximum atomic E-state index is 14.3. The first kappa shape index (κ1) is 15.9. The van der Waals surface area contributed by atoms with Crippen molar-refractivity contribution in [3.05, 3.63) is 29.6 Å². The van der Waals surface area contributed by atoms with Gasteiger partial charge in [-0.25, -0.2) is 26.9 Å². The summed E-state index contributed by atoms with van der Waals surface area (Å²) in [5, 5.41) is 4.14. The van der Waals surface area contributed by atoms with Gasteiger partial charge in [0.1, 0.15) is 23.2 Å².